The summed E-state index contributed by atoms with van der Waals surface area (Å²) < 4.78 is 58.6. The summed E-state index contributed by atoms with van der Waals surface area (Å²) in [5, 5.41) is 0. The fraction of sp³-hybridized carbons (Fsp3) is 1.00. The average molecular weight is 267 g/mol. The molecule has 0 spiro atoms. The summed E-state index contributed by atoms with van der Waals surface area (Å²) in [7, 11) is 0.688. The molecule has 0 aliphatic heterocycles. The van der Waals surface area contributed by atoms with E-state index in [1.165, 1.54) is 6.54 Å². The van der Waals surface area contributed by atoms with Gasteiger partial charge in [0, 0.05) is 6.42 Å². The first-order valence-electron chi connectivity index (χ1n) is 4.35. The van der Waals surface area contributed by atoms with Crippen molar-refractivity contribution in [1.29, 1.82) is 0 Å². The van der Waals surface area contributed by atoms with Gasteiger partial charge in [-0.2, -0.15) is 21.6 Å². The van der Waals surface area contributed by atoms with E-state index in [-0.39, 0.29) is 0 Å². The molecule has 9 heteroatoms. The fourth-order valence-electron chi connectivity index (χ4n) is 0.566. The molecule has 0 aromatic rings. The molecule has 0 unspecified atom stereocenters. The highest BCUT2D eigenvalue weighted by atomic mass is 32.2. The third kappa shape index (κ3) is 11.7. The molecule has 0 aliphatic carbocycles. The van der Waals surface area contributed by atoms with Gasteiger partial charge in [0.1, 0.15) is 0 Å². The molecule has 3 N–H and O–H groups in total. The van der Waals surface area contributed by atoms with Crippen molar-refractivity contribution in [2.45, 2.75) is 11.9 Å². The number of halogens is 3. The molecule has 0 heterocycles. The van der Waals surface area contributed by atoms with Gasteiger partial charge in [0.2, 0.25) is 0 Å². The first kappa shape index (κ1) is 18.0. The Bertz CT molecular complexity index is 282. The maximum absolute atomic E-state index is 10.7. The van der Waals surface area contributed by atoms with Crippen LogP contribution in [0, 0.1) is 0 Å². The number of quaternary nitrogens is 1. The van der Waals surface area contributed by atoms with Gasteiger partial charge in [-0.15, -0.1) is 0 Å². The molecule has 0 rings (SSSR count). The molecule has 0 radical (unpaired) electrons. The Morgan fingerprint density at radius 1 is 1.25 bits per heavy atom. The number of alkyl halides is 3. The molecule has 0 aromatic heterocycles. The van der Waals surface area contributed by atoms with Crippen molar-refractivity contribution in [3.8, 4) is 0 Å². The van der Waals surface area contributed by atoms with Gasteiger partial charge in [0.05, 0.1) is 27.7 Å². The van der Waals surface area contributed by atoms with Gasteiger partial charge < -0.3 is 10.2 Å². The van der Waals surface area contributed by atoms with Gasteiger partial charge in [0.15, 0.2) is 0 Å². The summed E-state index contributed by atoms with van der Waals surface area (Å²) in [6, 6.07) is 0. The second kappa shape index (κ2) is 6.38. The largest absolute Gasteiger partial charge is 0.522 e. The van der Waals surface area contributed by atoms with Crippen LogP contribution in [0.4, 0.5) is 13.2 Å². The van der Waals surface area contributed by atoms with E-state index >= 15 is 0 Å². The lowest BCUT2D eigenvalue weighted by atomic mass is 10.4. The van der Waals surface area contributed by atoms with E-state index in [2.05, 4.69) is 21.1 Å². The molecule has 0 aromatic carbocycles. The van der Waals surface area contributed by atoms with Crippen LogP contribution >= 0.6 is 0 Å². The van der Waals surface area contributed by atoms with E-state index < -0.39 is 15.6 Å². The number of hydrogen-bond acceptors (Lipinski definition) is 3. The van der Waals surface area contributed by atoms with Crippen LogP contribution in [0.25, 0.3) is 0 Å². The number of nitrogens with zero attached hydrogens (tertiary/aromatic N) is 1. The molecule has 100 valence electrons. The average Bonchev–Trinajstić information content (AvgIpc) is 1.96. The van der Waals surface area contributed by atoms with Crippen LogP contribution in [0.1, 0.15) is 6.42 Å². The summed E-state index contributed by atoms with van der Waals surface area (Å²) in [4.78, 5) is 0. The molecule has 0 fully saturated rings. The molecule has 16 heavy (non-hydrogen) atoms. The Balaban J connectivity index is 0. The molecule has 0 aliphatic rings. The summed E-state index contributed by atoms with van der Waals surface area (Å²) in [5.41, 5.74) is -0.209. The third-order valence-electron chi connectivity index (χ3n) is 1.33. The first-order chi connectivity index (χ1) is 6.81. The monoisotopic (exact) mass is 267 g/mol. The van der Waals surface area contributed by atoms with Gasteiger partial charge in [0.25, 0.3) is 0 Å². The SMILES string of the molecule is C[N+](C)(C)CCCN.O=S(=O)(O)C(F)(F)F. The Hall–Kier alpha value is -0.380. The van der Waals surface area contributed by atoms with Crippen molar-refractivity contribution in [2.75, 3.05) is 34.2 Å². The van der Waals surface area contributed by atoms with Crippen molar-refractivity contribution in [3.05, 3.63) is 0 Å². The van der Waals surface area contributed by atoms with Crippen LogP contribution in [0.3, 0.4) is 0 Å². The van der Waals surface area contributed by atoms with Gasteiger partial charge in [-0.05, 0) is 6.54 Å². The molecule has 0 bridgehead atoms. The third-order valence-corrected chi connectivity index (χ3v) is 1.91. The lowest BCUT2D eigenvalue weighted by molar-refractivity contribution is -0.870. The van der Waals surface area contributed by atoms with E-state index in [0.717, 1.165) is 17.4 Å². The highest BCUT2D eigenvalue weighted by molar-refractivity contribution is 7.86. The first-order valence-corrected chi connectivity index (χ1v) is 5.79. The second-order valence-electron chi connectivity index (χ2n) is 4.08. The van der Waals surface area contributed by atoms with Gasteiger partial charge in [-0.25, -0.2) is 0 Å². The Morgan fingerprint density at radius 3 is 1.62 bits per heavy atom. The van der Waals surface area contributed by atoms with Gasteiger partial charge >= 0.3 is 15.6 Å². The molecule has 0 atom stereocenters. The predicted molar refractivity (Wildman–Crippen MR) is 54.2 cm³/mol. The fourth-order valence-corrected chi connectivity index (χ4v) is 0.566. The summed E-state index contributed by atoms with van der Waals surface area (Å²) in [6.45, 7) is 1.99. The zero-order valence-corrected chi connectivity index (χ0v) is 10.3. The van der Waals surface area contributed by atoms with Gasteiger partial charge in [-0.3, -0.25) is 4.55 Å². The molecule has 5 nitrogen and oxygen atoms in total. The topological polar surface area (TPSA) is 80.4 Å². The van der Waals surface area contributed by atoms with E-state index in [0.29, 0.717) is 0 Å². The lowest BCUT2D eigenvalue weighted by Gasteiger charge is -2.23. The molecule has 0 saturated heterocycles. The van der Waals surface area contributed by atoms with E-state index in [9.17, 15) is 13.2 Å². The molecular formula is C7H18F3N2O3S+. The Morgan fingerprint density at radius 2 is 1.56 bits per heavy atom. The van der Waals surface area contributed by atoms with E-state index in [1.807, 2.05) is 0 Å². The number of nitrogens with two attached hydrogens (primary N) is 1. The lowest BCUT2D eigenvalue weighted by Crippen LogP contribution is -2.36. The minimum Gasteiger partial charge on any atom is -0.331 e. The Labute approximate surface area is 93.4 Å². The highest BCUT2D eigenvalue weighted by Gasteiger charge is 2.44. The van der Waals surface area contributed by atoms with Crippen molar-refractivity contribution < 1.29 is 30.6 Å². The molecule has 0 saturated carbocycles. The Kier molecular flexibility index (Phi) is 7.18. The van der Waals surface area contributed by atoms with Crippen molar-refractivity contribution in [1.82, 2.24) is 0 Å². The smallest absolute Gasteiger partial charge is 0.331 e. The quantitative estimate of drug-likeness (QED) is 0.441. The van der Waals surface area contributed by atoms with Crippen LogP contribution in [-0.2, 0) is 10.1 Å². The maximum Gasteiger partial charge on any atom is 0.522 e. The predicted octanol–water partition coefficient (Wildman–Crippen LogP) is 0.435. The van der Waals surface area contributed by atoms with Gasteiger partial charge in [-0.1, -0.05) is 0 Å². The van der Waals surface area contributed by atoms with Crippen molar-refractivity contribution >= 4 is 10.1 Å². The summed E-state index contributed by atoms with van der Waals surface area (Å²) in [5.74, 6) is 0. The van der Waals surface area contributed by atoms with Crippen molar-refractivity contribution in [2.24, 2.45) is 5.73 Å². The zero-order chi connectivity index (χ0) is 13.6. The van der Waals surface area contributed by atoms with Crippen LogP contribution in [0.2, 0.25) is 0 Å². The van der Waals surface area contributed by atoms with Crippen LogP contribution < -0.4 is 5.73 Å². The highest BCUT2D eigenvalue weighted by Crippen LogP contribution is 2.20. The summed E-state index contributed by atoms with van der Waals surface area (Å²) in [6.07, 6.45) is 1.13. The standard InChI is InChI=1S/C6H17N2.CHF3O3S/c1-8(2,3)6-4-5-7;2-1(3,4)8(5,6)7/h4-7H2,1-3H3;(H,5,6,7)/q+1;. The molecular weight excluding hydrogens is 249 g/mol. The normalized spacial score (nSPS) is 13.0. The number of rotatable bonds is 3. The van der Waals surface area contributed by atoms with E-state index in [1.54, 1.807) is 0 Å². The zero-order valence-electron chi connectivity index (χ0n) is 9.45. The van der Waals surface area contributed by atoms with Crippen LogP contribution in [-0.4, -0.2) is 57.2 Å². The van der Waals surface area contributed by atoms with Crippen LogP contribution in [0.5, 0.6) is 0 Å². The number of hydrogen-bond donors (Lipinski definition) is 2. The minimum absolute atomic E-state index is 0.815. The second-order valence-corrected chi connectivity index (χ2v) is 5.49. The maximum atomic E-state index is 10.7. The van der Waals surface area contributed by atoms with Crippen LogP contribution in [0.15, 0.2) is 0 Å². The minimum atomic E-state index is -5.84. The van der Waals surface area contributed by atoms with Crippen molar-refractivity contribution in [3.63, 3.8) is 0 Å². The van der Waals surface area contributed by atoms with E-state index in [4.69, 9.17) is 18.7 Å². The molecule has 0 amide bonds. The summed E-state index contributed by atoms with van der Waals surface area (Å²) >= 11 is 0.